The highest BCUT2D eigenvalue weighted by Crippen LogP contribution is 2.35. The molecule has 0 aromatic heterocycles. The first-order valence-corrected chi connectivity index (χ1v) is 6.94. The number of alkyl halides is 3. The highest BCUT2D eigenvalue weighted by atomic mass is 19.4. The van der Waals surface area contributed by atoms with Gasteiger partial charge in [-0.05, 0) is 11.5 Å². The Balaban J connectivity index is 2.20. The summed E-state index contributed by atoms with van der Waals surface area (Å²) in [7, 11) is 0. The second-order valence-electron chi connectivity index (χ2n) is 5.11. The fourth-order valence-corrected chi connectivity index (χ4v) is 2.72. The zero-order chi connectivity index (χ0) is 15.7. The summed E-state index contributed by atoms with van der Waals surface area (Å²) >= 11 is 0. The topological polar surface area (TPSA) is 29.5 Å². The van der Waals surface area contributed by atoms with Crippen molar-refractivity contribution < 1.29 is 22.7 Å². The maximum atomic E-state index is 12.9. The van der Waals surface area contributed by atoms with Crippen molar-refractivity contribution in [2.24, 2.45) is 0 Å². The molecule has 0 N–H and O–H groups in total. The van der Waals surface area contributed by atoms with Crippen molar-refractivity contribution in [1.29, 1.82) is 0 Å². The smallest absolute Gasteiger partial charge is 0.378 e. The van der Waals surface area contributed by atoms with Crippen LogP contribution in [-0.4, -0.2) is 38.3 Å². The number of Topliss-reactive ketones (excluding diaryl/α,β-unsaturated/α-hetero) is 1. The Morgan fingerprint density at radius 2 is 1.73 bits per heavy atom. The van der Waals surface area contributed by atoms with Gasteiger partial charge in [-0.25, -0.2) is 0 Å². The molecule has 0 spiro atoms. The summed E-state index contributed by atoms with van der Waals surface area (Å²) in [5.41, 5.74) is 0.0526. The van der Waals surface area contributed by atoms with E-state index in [2.05, 4.69) is 0 Å². The van der Waals surface area contributed by atoms with Crippen molar-refractivity contribution in [3.8, 4) is 0 Å². The maximum absolute atomic E-state index is 12.9. The van der Waals surface area contributed by atoms with E-state index in [9.17, 15) is 18.0 Å². The Morgan fingerprint density at radius 1 is 1.05 bits per heavy atom. The molecule has 0 bridgehead atoms. The number of benzene rings is 2. The minimum Gasteiger partial charge on any atom is -0.378 e. The number of morpholine rings is 1. The summed E-state index contributed by atoms with van der Waals surface area (Å²) in [4.78, 5) is 13.6. The van der Waals surface area contributed by atoms with E-state index in [1.54, 1.807) is 23.1 Å². The Hall–Kier alpha value is -2.08. The van der Waals surface area contributed by atoms with Gasteiger partial charge in [0, 0.05) is 18.5 Å². The second-order valence-corrected chi connectivity index (χ2v) is 5.11. The van der Waals surface area contributed by atoms with Crippen LogP contribution >= 0.6 is 0 Å². The lowest BCUT2D eigenvalue weighted by molar-refractivity contribution is -0.0884. The van der Waals surface area contributed by atoms with Crippen molar-refractivity contribution in [2.45, 2.75) is 6.18 Å². The van der Waals surface area contributed by atoms with E-state index in [1.165, 1.54) is 6.07 Å². The quantitative estimate of drug-likeness (QED) is 0.796. The Morgan fingerprint density at radius 3 is 2.41 bits per heavy atom. The summed E-state index contributed by atoms with van der Waals surface area (Å²) in [6, 6.07) is 9.96. The van der Waals surface area contributed by atoms with Gasteiger partial charge in [0.15, 0.2) is 0 Å². The molecular weight excluding hydrogens is 295 g/mol. The normalized spacial score (nSPS) is 16.0. The standard InChI is InChI=1S/C16H14F3NO2/c17-16(18,19)15(21)13-6-5-11-3-1-2-4-12(11)14(13)20-7-9-22-10-8-20/h1-6H,7-10H2. The van der Waals surface area contributed by atoms with Crippen molar-refractivity contribution in [1.82, 2.24) is 0 Å². The summed E-state index contributed by atoms with van der Waals surface area (Å²) in [5.74, 6) is -1.81. The molecule has 1 aliphatic rings. The number of halogens is 3. The van der Waals surface area contributed by atoms with E-state index in [1.807, 2.05) is 12.1 Å². The maximum Gasteiger partial charge on any atom is 0.454 e. The van der Waals surface area contributed by atoms with Gasteiger partial charge in [-0.2, -0.15) is 13.2 Å². The molecule has 2 aromatic rings. The average Bonchev–Trinajstić information content (AvgIpc) is 2.53. The van der Waals surface area contributed by atoms with Crippen LogP contribution in [-0.2, 0) is 4.74 Å². The van der Waals surface area contributed by atoms with Crippen molar-refractivity contribution >= 4 is 22.2 Å². The van der Waals surface area contributed by atoms with E-state index < -0.39 is 12.0 Å². The summed E-state index contributed by atoms with van der Waals surface area (Å²) in [6.45, 7) is 1.80. The summed E-state index contributed by atoms with van der Waals surface area (Å²) in [5, 5.41) is 1.46. The number of fused-ring (bicyclic) bond motifs is 1. The first-order chi connectivity index (χ1) is 10.5. The van der Waals surface area contributed by atoms with E-state index in [0.717, 1.165) is 5.39 Å². The number of carbonyl (C=O) groups excluding carboxylic acids is 1. The molecule has 1 saturated heterocycles. The molecule has 3 rings (SSSR count). The van der Waals surface area contributed by atoms with Crippen LogP contribution in [0.4, 0.5) is 18.9 Å². The minimum atomic E-state index is -4.89. The Labute approximate surface area is 125 Å². The number of ether oxygens (including phenoxy) is 1. The molecule has 2 aromatic carbocycles. The number of carbonyl (C=O) groups is 1. The third-order valence-electron chi connectivity index (χ3n) is 3.73. The Bertz CT molecular complexity index is 706. The first kappa shape index (κ1) is 14.8. The minimum absolute atomic E-state index is 0.298. The van der Waals surface area contributed by atoms with Gasteiger partial charge < -0.3 is 9.64 Å². The van der Waals surface area contributed by atoms with E-state index in [0.29, 0.717) is 37.4 Å². The van der Waals surface area contributed by atoms with Gasteiger partial charge >= 0.3 is 6.18 Å². The lowest BCUT2D eigenvalue weighted by atomic mass is 9.99. The van der Waals surface area contributed by atoms with Gasteiger partial charge in [-0.3, -0.25) is 4.79 Å². The fourth-order valence-electron chi connectivity index (χ4n) is 2.72. The van der Waals surface area contributed by atoms with Crippen molar-refractivity contribution in [3.05, 3.63) is 42.0 Å². The number of anilines is 1. The lowest BCUT2D eigenvalue weighted by Crippen LogP contribution is -2.38. The number of hydrogen-bond donors (Lipinski definition) is 0. The molecule has 0 saturated carbocycles. The molecule has 116 valence electrons. The highest BCUT2D eigenvalue weighted by Gasteiger charge is 2.41. The molecule has 1 fully saturated rings. The summed E-state index contributed by atoms with van der Waals surface area (Å²) < 4.78 is 43.9. The van der Waals surface area contributed by atoms with Crippen LogP contribution < -0.4 is 4.90 Å². The van der Waals surface area contributed by atoms with Crippen LogP contribution in [0, 0.1) is 0 Å². The van der Waals surface area contributed by atoms with E-state index in [4.69, 9.17) is 4.74 Å². The van der Waals surface area contributed by atoms with Crippen LogP contribution in [0.3, 0.4) is 0 Å². The zero-order valence-corrected chi connectivity index (χ0v) is 11.7. The molecule has 22 heavy (non-hydrogen) atoms. The van der Waals surface area contributed by atoms with Crippen molar-refractivity contribution in [2.75, 3.05) is 31.2 Å². The molecule has 0 aliphatic carbocycles. The van der Waals surface area contributed by atoms with E-state index in [-0.39, 0.29) is 5.56 Å². The molecule has 0 amide bonds. The number of rotatable bonds is 2. The highest BCUT2D eigenvalue weighted by molar-refractivity contribution is 6.11. The molecule has 0 unspecified atom stereocenters. The molecule has 0 atom stereocenters. The van der Waals surface area contributed by atoms with Gasteiger partial charge in [-0.1, -0.05) is 30.3 Å². The first-order valence-electron chi connectivity index (χ1n) is 6.94. The third kappa shape index (κ3) is 2.66. The molecule has 6 heteroatoms. The number of hydrogen-bond acceptors (Lipinski definition) is 3. The second kappa shape index (κ2) is 5.61. The van der Waals surface area contributed by atoms with Crippen LogP contribution in [0.25, 0.3) is 10.8 Å². The molecule has 0 radical (unpaired) electrons. The van der Waals surface area contributed by atoms with Crippen LogP contribution in [0.2, 0.25) is 0 Å². The van der Waals surface area contributed by atoms with Crippen LogP contribution in [0.1, 0.15) is 10.4 Å². The number of nitrogens with zero attached hydrogens (tertiary/aromatic N) is 1. The van der Waals surface area contributed by atoms with Gasteiger partial charge in [-0.15, -0.1) is 0 Å². The molecule has 3 nitrogen and oxygen atoms in total. The summed E-state index contributed by atoms with van der Waals surface area (Å²) in [6.07, 6.45) is -4.89. The Kier molecular flexibility index (Phi) is 3.78. The molecule has 1 heterocycles. The van der Waals surface area contributed by atoms with E-state index >= 15 is 0 Å². The molecular formula is C16H14F3NO2. The lowest BCUT2D eigenvalue weighted by Gasteiger charge is -2.31. The van der Waals surface area contributed by atoms with Crippen LogP contribution in [0.5, 0.6) is 0 Å². The van der Waals surface area contributed by atoms with Gasteiger partial charge in [0.1, 0.15) is 0 Å². The third-order valence-corrected chi connectivity index (χ3v) is 3.73. The predicted molar refractivity (Wildman–Crippen MR) is 77.4 cm³/mol. The SMILES string of the molecule is O=C(c1ccc2ccccc2c1N1CCOCC1)C(F)(F)F. The van der Waals surface area contributed by atoms with Crippen molar-refractivity contribution in [3.63, 3.8) is 0 Å². The largest absolute Gasteiger partial charge is 0.454 e. The average molecular weight is 309 g/mol. The van der Waals surface area contributed by atoms with Crippen LogP contribution in [0.15, 0.2) is 36.4 Å². The monoisotopic (exact) mass is 309 g/mol. The number of ketones is 1. The van der Waals surface area contributed by atoms with Gasteiger partial charge in [0.25, 0.3) is 5.78 Å². The fraction of sp³-hybridized carbons (Fsp3) is 0.312. The zero-order valence-electron chi connectivity index (χ0n) is 11.7. The van der Waals surface area contributed by atoms with Gasteiger partial charge in [0.2, 0.25) is 0 Å². The predicted octanol–water partition coefficient (Wildman–Crippen LogP) is 3.42. The van der Waals surface area contributed by atoms with Gasteiger partial charge in [0.05, 0.1) is 24.5 Å². The molecule has 1 aliphatic heterocycles.